The molecule has 0 aliphatic heterocycles. The van der Waals surface area contributed by atoms with Gasteiger partial charge in [0.05, 0.1) is 0 Å². The first-order chi connectivity index (χ1) is 14.1. The molecule has 0 fully saturated rings. The maximum atomic E-state index is 12.5. The van der Waals surface area contributed by atoms with E-state index >= 15 is 0 Å². The number of carbonyl (C=O) groups excluding carboxylic acids is 1. The van der Waals surface area contributed by atoms with Crippen molar-refractivity contribution < 1.29 is 9.32 Å². The zero-order chi connectivity index (χ0) is 20.2. The summed E-state index contributed by atoms with van der Waals surface area (Å²) in [4.78, 5) is 29.2. The quantitative estimate of drug-likeness (QED) is 0.543. The average molecular weight is 407 g/mol. The van der Waals surface area contributed by atoms with Crippen molar-refractivity contribution in [3.8, 4) is 23.0 Å². The summed E-state index contributed by atoms with van der Waals surface area (Å²) in [6.07, 6.45) is 0. The van der Waals surface area contributed by atoms with Crippen molar-refractivity contribution in [2.24, 2.45) is 0 Å². The number of benzene rings is 2. The predicted molar refractivity (Wildman–Crippen MR) is 110 cm³/mol. The molecule has 0 radical (unpaired) electrons. The molecule has 0 atom stereocenters. The molecule has 29 heavy (non-hydrogen) atoms. The maximum absolute atomic E-state index is 12.5. The van der Waals surface area contributed by atoms with Crippen LogP contribution in [0.3, 0.4) is 0 Å². The van der Waals surface area contributed by atoms with Gasteiger partial charge in [-0.15, -0.1) is 0 Å². The standard InChI is InChI=1S/C21H15ClN4O3/c22-15-9-11-16(12-10-15)23-18(27)13-26-17(7-4-8-19(26)28)21-24-20(25-29-21)14-5-2-1-3-6-14/h1-12H,13H2,(H,23,27). The van der Waals surface area contributed by atoms with Crippen molar-refractivity contribution in [2.45, 2.75) is 6.54 Å². The van der Waals surface area contributed by atoms with Crippen LogP contribution in [-0.2, 0) is 11.3 Å². The molecule has 8 heteroatoms. The minimum absolute atomic E-state index is 0.154. The number of amides is 1. The van der Waals surface area contributed by atoms with Crippen molar-refractivity contribution in [3.63, 3.8) is 0 Å². The molecular formula is C21H15ClN4O3. The third-order valence-electron chi connectivity index (χ3n) is 4.16. The van der Waals surface area contributed by atoms with Crippen LogP contribution < -0.4 is 10.9 Å². The first-order valence-electron chi connectivity index (χ1n) is 8.75. The molecule has 0 spiro atoms. The van der Waals surface area contributed by atoms with E-state index in [-0.39, 0.29) is 23.9 Å². The molecule has 1 amide bonds. The van der Waals surface area contributed by atoms with E-state index in [1.54, 1.807) is 36.4 Å². The molecule has 144 valence electrons. The van der Waals surface area contributed by atoms with Crippen molar-refractivity contribution in [1.29, 1.82) is 0 Å². The highest BCUT2D eigenvalue weighted by molar-refractivity contribution is 6.30. The predicted octanol–water partition coefficient (Wildman–Crippen LogP) is 3.86. The largest absolute Gasteiger partial charge is 0.332 e. The summed E-state index contributed by atoms with van der Waals surface area (Å²) >= 11 is 5.85. The Hall–Kier alpha value is -3.71. The highest BCUT2D eigenvalue weighted by atomic mass is 35.5. The maximum Gasteiger partial charge on any atom is 0.274 e. The second-order valence-electron chi connectivity index (χ2n) is 6.18. The van der Waals surface area contributed by atoms with E-state index < -0.39 is 0 Å². The van der Waals surface area contributed by atoms with Gasteiger partial charge in [-0.25, -0.2) is 0 Å². The first kappa shape index (κ1) is 18.6. The Morgan fingerprint density at radius 2 is 1.76 bits per heavy atom. The molecule has 0 unspecified atom stereocenters. The normalized spacial score (nSPS) is 10.7. The molecule has 4 rings (SSSR count). The molecule has 4 aromatic rings. The summed E-state index contributed by atoms with van der Waals surface area (Å²) < 4.78 is 6.63. The molecule has 0 aliphatic rings. The third-order valence-corrected chi connectivity index (χ3v) is 4.41. The van der Waals surface area contributed by atoms with Gasteiger partial charge < -0.3 is 9.84 Å². The van der Waals surface area contributed by atoms with Gasteiger partial charge in [0.2, 0.25) is 11.7 Å². The molecule has 0 aliphatic carbocycles. The average Bonchev–Trinajstić information content (AvgIpc) is 3.22. The molecule has 0 bridgehead atoms. The number of nitrogens with one attached hydrogen (secondary N) is 1. The lowest BCUT2D eigenvalue weighted by molar-refractivity contribution is -0.116. The summed E-state index contributed by atoms with van der Waals surface area (Å²) in [7, 11) is 0. The molecule has 2 aromatic carbocycles. The van der Waals surface area contributed by atoms with Gasteiger partial charge in [0.15, 0.2) is 0 Å². The van der Waals surface area contributed by atoms with Crippen molar-refractivity contribution in [1.82, 2.24) is 14.7 Å². The minimum Gasteiger partial charge on any atom is -0.332 e. The highest BCUT2D eigenvalue weighted by Crippen LogP contribution is 2.21. The van der Waals surface area contributed by atoms with Gasteiger partial charge in [-0.3, -0.25) is 14.2 Å². The smallest absolute Gasteiger partial charge is 0.274 e. The Kier molecular flexibility index (Phi) is 5.22. The van der Waals surface area contributed by atoms with E-state index in [9.17, 15) is 9.59 Å². The van der Waals surface area contributed by atoms with Crippen molar-refractivity contribution >= 4 is 23.2 Å². The monoisotopic (exact) mass is 406 g/mol. The zero-order valence-corrected chi connectivity index (χ0v) is 15.8. The number of anilines is 1. The van der Waals surface area contributed by atoms with Crippen LogP contribution >= 0.6 is 11.6 Å². The lowest BCUT2D eigenvalue weighted by Crippen LogP contribution is -2.28. The highest BCUT2D eigenvalue weighted by Gasteiger charge is 2.16. The second kappa shape index (κ2) is 8.12. The Balaban J connectivity index is 1.61. The van der Waals surface area contributed by atoms with Crippen LogP contribution in [0.4, 0.5) is 5.69 Å². The number of hydrogen-bond donors (Lipinski definition) is 1. The molecule has 0 saturated heterocycles. The van der Waals surface area contributed by atoms with E-state index in [2.05, 4.69) is 15.5 Å². The summed E-state index contributed by atoms with van der Waals surface area (Å²) in [6.45, 7) is -0.208. The van der Waals surface area contributed by atoms with Crippen LogP contribution in [0, 0.1) is 0 Å². The SMILES string of the molecule is O=C(Cn1c(-c2nc(-c3ccccc3)no2)cccc1=O)Nc1ccc(Cl)cc1. The van der Waals surface area contributed by atoms with Gasteiger partial charge in [-0.2, -0.15) is 4.98 Å². The van der Waals surface area contributed by atoms with Crippen LogP contribution in [0.2, 0.25) is 5.02 Å². The lowest BCUT2D eigenvalue weighted by Gasteiger charge is -2.10. The fourth-order valence-corrected chi connectivity index (χ4v) is 2.91. The number of halogens is 1. The van der Waals surface area contributed by atoms with Crippen molar-refractivity contribution in [2.75, 3.05) is 5.32 Å². The zero-order valence-electron chi connectivity index (χ0n) is 15.1. The van der Waals surface area contributed by atoms with E-state index in [0.717, 1.165) is 5.56 Å². The fraction of sp³-hybridized carbons (Fsp3) is 0.0476. The van der Waals surface area contributed by atoms with Crippen LogP contribution in [0.5, 0.6) is 0 Å². The third kappa shape index (κ3) is 4.25. The van der Waals surface area contributed by atoms with Gasteiger partial charge in [0.25, 0.3) is 11.4 Å². The number of nitrogens with zero attached hydrogens (tertiary/aromatic N) is 3. The van der Waals surface area contributed by atoms with Gasteiger partial charge in [-0.05, 0) is 30.3 Å². The first-order valence-corrected chi connectivity index (χ1v) is 9.13. The van der Waals surface area contributed by atoms with E-state index in [4.69, 9.17) is 16.1 Å². The van der Waals surface area contributed by atoms with Crippen molar-refractivity contribution in [3.05, 3.63) is 88.2 Å². The van der Waals surface area contributed by atoms with Gasteiger partial charge in [0.1, 0.15) is 12.2 Å². The molecule has 7 nitrogen and oxygen atoms in total. The van der Waals surface area contributed by atoms with Crippen LogP contribution in [-0.4, -0.2) is 20.6 Å². The number of pyridine rings is 1. The lowest BCUT2D eigenvalue weighted by atomic mass is 10.2. The van der Waals surface area contributed by atoms with E-state index in [1.807, 2.05) is 30.3 Å². The Morgan fingerprint density at radius 3 is 2.52 bits per heavy atom. The Labute approximate surface area is 170 Å². The number of hydrogen-bond acceptors (Lipinski definition) is 5. The van der Waals surface area contributed by atoms with E-state index in [0.29, 0.717) is 22.2 Å². The van der Waals surface area contributed by atoms with Crippen LogP contribution in [0.25, 0.3) is 23.0 Å². The number of aromatic nitrogens is 3. The minimum atomic E-state index is -0.371. The molecular weight excluding hydrogens is 392 g/mol. The Bertz CT molecular complexity index is 1200. The second-order valence-corrected chi connectivity index (χ2v) is 6.62. The summed E-state index contributed by atoms with van der Waals surface area (Å²) in [5, 5.41) is 7.27. The topological polar surface area (TPSA) is 90.0 Å². The molecule has 2 aromatic heterocycles. The number of carbonyl (C=O) groups is 1. The molecule has 1 N–H and O–H groups in total. The van der Waals surface area contributed by atoms with Gasteiger partial charge in [-0.1, -0.05) is 53.2 Å². The fourth-order valence-electron chi connectivity index (χ4n) is 2.78. The van der Waals surface area contributed by atoms with Gasteiger partial charge >= 0.3 is 0 Å². The van der Waals surface area contributed by atoms with E-state index in [1.165, 1.54) is 10.6 Å². The molecule has 2 heterocycles. The molecule has 0 saturated carbocycles. The number of rotatable bonds is 5. The Morgan fingerprint density at radius 1 is 1.00 bits per heavy atom. The van der Waals surface area contributed by atoms with Crippen LogP contribution in [0.15, 0.2) is 82.1 Å². The van der Waals surface area contributed by atoms with Crippen LogP contribution in [0.1, 0.15) is 0 Å². The summed E-state index contributed by atoms with van der Waals surface area (Å²) in [5.41, 5.74) is 1.37. The van der Waals surface area contributed by atoms with Gasteiger partial charge in [0, 0.05) is 22.3 Å². The summed E-state index contributed by atoms with van der Waals surface area (Å²) in [6, 6.07) is 20.6. The summed E-state index contributed by atoms with van der Waals surface area (Å²) in [5.74, 6) is 0.180.